The summed E-state index contributed by atoms with van der Waals surface area (Å²) in [4.78, 5) is 17.8. The molecule has 0 radical (unpaired) electrons. The van der Waals surface area contributed by atoms with E-state index in [0.717, 1.165) is 22.4 Å². The van der Waals surface area contributed by atoms with E-state index in [1.54, 1.807) is 18.0 Å². The summed E-state index contributed by atoms with van der Waals surface area (Å²) in [5.41, 5.74) is 3.90. The number of para-hydroxylation sites is 1. The van der Waals surface area contributed by atoms with Gasteiger partial charge in [0.25, 0.3) is 0 Å². The van der Waals surface area contributed by atoms with Gasteiger partial charge in [0.1, 0.15) is 5.15 Å². The zero-order chi connectivity index (χ0) is 14.1. The van der Waals surface area contributed by atoms with E-state index in [0.29, 0.717) is 11.7 Å². The van der Waals surface area contributed by atoms with E-state index in [2.05, 4.69) is 4.98 Å². The maximum absolute atomic E-state index is 12.0. The lowest BCUT2D eigenvalue weighted by atomic mass is 10.0. The Bertz CT molecular complexity index is 709. The number of anilines is 1. The quantitative estimate of drug-likeness (QED) is 0.690. The van der Waals surface area contributed by atoms with Crippen LogP contribution in [-0.2, 0) is 11.3 Å². The van der Waals surface area contributed by atoms with Crippen molar-refractivity contribution in [2.45, 2.75) is 13.5 Å². The van der Waals surface area contributed by atoms with E-state index < -0.39 is 0 Å². The van der Waals surface area contributed by atoms with Crippen molar-refractivity contribution in [1.82, 2.24) is 4.98 Å². The predicted molar refractivity (Wildman–Crippen MR) is 81.5 cm³/mol. The van der Waals surface area contributed by atoms with Gasteiger partial charge >= 0.3 is 0 Å². The molecule has 1 aliphatic heterocycles. The lowest BCUT2D eigenvalue weighted by molar-refractivity contribution is -0.116. The van der Waals surface area contributed by atoms with Crippen LogP contribution in [0.1, 0.15) is 23.6 Å². The molecule has 0 bridgehead atoms. The smallest absolute Gasteiger partial charge is 0.224 e. The number of rotatable bonds is 0. The number of nitrogens with zero attached hydrogens (tertiary/aromatic N) is 2. The van der Waals surface area contributed by atoms with E-state index in [9.17, 15) is 4.79 Å². The molecular weight excluding hydrogens is 272 g/mol. The summed E-state index contributed by atoms with van der Waals surface area (Å²) in [6, 6.07) is 9.67. The van der Waals surface area contributed by atoms with Crippen LogP contribution in [0.3, 0.4) is 0 Å². The van der Waals surface area contributed by atoms with Crippen LogP contribution in [-0.4, -0.2) is 10.9 Å². The fourth-order valence-electron chi connectivity index (χ4n) is 2.35. The molecule has 0 unspecified atom stereocenters. The van der Waals surface area contributed by atoms with Gasteiger partial charge in [-0.05, 0) is 28.8 Å². The average molecular weight is 285 g/mol. The molecule has 1 aliphatic rings. The Kier molecular flexibility index (Phi) is 3.28. The monoisotopic (exact) mass is 284 g/mol. The first-order valence-electron chi connectivity index (χ1n) is 6.35. The molecule has 3 rings (SSSR count). The maximum atomic E-state index is 12.0. The van der Waals surface area contributed by atoms with Gasteiger partial charge in [-0.25, -0.2) is 4.98 Å². The van der Waals surface area contributed by atoms with Crippen molar-refractivity contribution in [1.29, 1.82) is 0 Å². The fourth-order valence-corrected chi connectivity index (χ4v) is 2.52. The molecule has 2 aromatic rings. The second-order valence-electron chi connectivity index (χ2n) is 4.70. The number of benzene rings is 1. The second kappa shape index (κ2) is 5.10. The van der Waals surface area contributed by atoms with Gasteiger partial charge in [0.2, 0.25) is 5.91 Å². The van der Waals surface area contributed by atoms with Gasteiger partial charge in [-0.15, -0.1) is 0 Å². The Balaban J connectivity index is 2.19. The molecule has 0 saturated carbocycles. The summed E-state index contributed by atoms with van der Waals surface area (Å²) in [6.45, 7) is 2.07. The van der Waals surface area contributed by atoms with Crippen molar-refractivity contribution >= 4 is 35.3 Å². The van der Waals surface area contributed by atoms with E-state index >= 15 is 0 Å². The van der Waals surface area contributed by atoms with Crippen LogP contribution in [0.2, 0.25) is 5.15 Å². The zero-order valence-electron chi connectivity index (χ0n) is 11.0. The molecule has 3 nitrogen and oxygen atoms in total. The minimum absolute atomic E-state index is 0.00801. The maximum Gasteiger partial charge on any atom is 0.224 e. The zero-order valence-corrected chi connectivity index (χ0v) is 11.8. The van der Waals surface area contributed by atoms with Crippen molar-refractivity contribution in [2.24, 2.45) is 0 Å². The lowest BCUT2D eigenvalue weighted by Gasteiger charge is -2.25. The molecule has 0 aliphatic carbocycles. The van der Waals surface area contributed by atoms with Crippen LogP contribution < -0.4 is 4.90 Å². The number of carbonyl (C=O) groups excluding carboxylic acids is 1. The van der Waals surface area contributed by atoms with Crippen LogP contribution >= 0.6 is 11.6 Å². The standard InChI is InChI=1S/C16H13ClN2O/c1-11(20)19-10-14-9-18-16(17)8-13(14)7-6-12-4-2-3-5-15(12)19/h2-9H,10H2,1H3. The van der Waals surface area contributed by atoms with E-state index in [1.165, 1.54) is 0 Å². The SMILES string of the molecule is CC(=O)N1Cc2cnc(Cl)cc2C=Cc2ccccc21. The first-order valence-corrected chi connectivity index (χ1v) is 6.72. The highest BCUT2D eigenvalue weighted by molar-refractivity contribution is 6.29. The van der Waals surface area contributed by atoms with Crippen LogP contribution in [0.4, 0.5) is 5.69 Å². The van der Waals surface area contributed by atoms with Crippen molar-refractivity contribution in [2.75, 3.05) is 4.90 Å². The number of aromatic nitrogens is 1. The molecule has 4 heteroatoms. The van der Waals surface area contributed by atoms with Gasteiger partial charge in [0.05, 0.1) is 12.2 Å². The number of fused-ring (bicyclic) bond motifs is 2. The van der Waals surface area contributed by atoms with Gasteiger partial charge in [0.15, 0.2) is 0 Å². The van der Waals surface area contributed by atoms with Crippen molar-refractivity contribution in [3.05, 3.63) is 58.4 Å². The lowest BCUT2D eigenvalue weighted by Crippen LogP contribution is -2.29. The van der Waals surface area contributed by atoms with E-state index in [-0.39, 0.29) is 5.91 Å². The Morgan fingerprint density at radius 2 is 2.00 bits per heavy atom. The van der Waals surface area contributed by atoms with Crippen molar-refractivity contribution < 1.29 is 4.79 Å². The summed E-state index contributed by atoms with van der Waals surface area (Å²) in [7, 11) is 0. The fraction of sp³-hybridized carbons (Fsp3) is 0.125. The van der Waals surface area contributed by atoms with Gasteiger partial charge in [0, 0.05) is 13.1 Å². The van der Waals surface area contributed by atoms with Gasteiger partial charge < -0.3 is 4.90 Å². The van der Waals surface area contributed by atoms with E-state index in [1.807, 2.05) is 42.5 Å². The average Bonchev–Trinajstić information content (AvgIpc) is 2.42. The first-order chi connectivity index (χ1) is 9.65. The number of hydrogen-bond donors (Lipinski definition) is 0. The van der Waals surface area contributed by atoms with Crippen LogP contribution in [0.25, 0.3) is 12.2 Å². The Hall–Kier alpha value is -2.13. The molecule has 2 heterocycles. The second-order valence-corrected chi connectivity index (χ2v) is 5.09. The topological polar surface area (TPSA) is 33.2 Å². The van der Waals surface area contributed by atoms with E-state index in [4.69, 9.17) is 11.6 Å². The normalized spacial score (nSPS) is 13.2. The highest BCUT2D eigenvalue weighted by Crippen LogP contribution is 2.29. The molecule has 20 heavy (non-hydrogen) atoms. The third-order valence-corrected chi connectivity index (χ3v) is 3.57. The Labute approximate surface area is 122 Å². The number of amides is 1. The molecule has 0 N–H and O–H groups in total. The van der Waals surface area contributed by atoms with Crippen molar-refractivity contribution in [3.63, 3.8) is 0 Å². The summed E-state index contributed by atoms with van der Waals surface area (Å²) in [6.07, 6.45) is 5.74. The molecule has 100 valence electrons. The number of pyridine rings is 1. The van der Waals surface area contributed by atoms with Crippen LogP contribution in [0, 0.1) is 0 Å². The number of hydrogen-bond acceptors (Lipinski definition) is 2. The third-order valence-electron chi connectivity index (χ3n) is 3.37. The van der Waals surface area contributed by atoms with Crippen LogP contribution in [0.15, 0.2) is 36.5 Å². The molecule has 0 atom stereocenters. The highest BCUT2D eigenvalue weighted by atomic mass is 35.5. The highest BCUT2D eigenvalue weighted by Gasteiger charge is 2.18. The van der Waals surface area contributed by atoms with Gasteiger partial charge in [-0.1, -0.05) is 42.0 Å². The largest absolute Gasteiger partial charge is 0.308 e. The van der Waals surface area contributed by atoms with Gasteiger partial charge in [-0.3, -0.25) is 4.79 Å². The minimum atomic E-state index is 0.00801. The Morgan fingerprint density at radius 3 is 2.80 bits per heavy atom. The van der Waals surface area contributed by atoms with Gasteiger partial charge in [-0.2, -0.15) is 0 Å². The molecule has 0 saturated heterocycles. The molecule has 1 aromatic heterocycles. The summed E-state index contributed by atoms with van der Waals surface area (Å²) in [5.74, 6) is 0.00801. The molecule has 0 fully saturated rings. The Morgan fingerprint density at radius 1 is 1.25 bits per heavy atom. The molecule has 0 spiro atoms. The predicted octanol–water partition coefficient (Wildman–Crippen LogP) is 3.77. The number of carbonyl (C=O) groups is 1. The third kappa shape index (κ3) is 2.32. The summed E-state index contributed by atoms with van der Waals surface area (Å²) < 4.78 is 0. The summed E-state index contributed by atoms with van der Waals surface area (Å²) >= 11 is 5.94. The summed E-state index contributed by atoms with van der Waals surface area (Å²) in [5, 5.41) is 0.455. The molecule has 1 aromatic carbocycles. The van der Waals surface area contributed by atoms with Crippen molar-refractivity contribution in [3.8, 4) is 0 Å². The molecule has 1 amide bonds. The minimum Gasteiger partial charge on any atom is -0.308 e. The molecular formula is C16H13ClN2O. The van der Waals surface area contributed by atoms with Crippen LogP contribution in [0.5, 0.6) is 0 Å². The number of halogens is 1. The first kappa shape index (κ1) is 12.9.